The Morgan fingerprint density at radius 1 is 0.452 bits per heavy atom. The third-order valence-corrected chi connectivity index (χ3v) is 4.56. The third-order valence-electron chi connectivity index (χ3n) is 4.56. The lowest BCUT2D eigenvalue weighted by molar-refractivity contribution is -0.0809. The van der Waals surface area contributed by atoms with Crippen LogP contribution in [-0.4, -0.2) is 5.79 Å². The number of benzene rings is 4. The van der Waals surface area contributed by atoms with E-state index in [1.807, 2.05) is 123 Å². The van der Waals surface area contributed by atoms with Gasteiger partial charge in [-0.1, -0.05) is 36.4 Å². The first kappa shape index (κ1) is 20.4. The van der Waals surface area contributed by atoms with Gasteiger partial charge in [0.25, 0.3) is 0 Å². The monoisotopic (exact) mass is 410 g/mol. The molecule has 0 aliphatic carbocycles. The van der Waals surface area contributed by atoms with Gasteiger partial charge in [-0.05, 0) is 72.8 Å². The van der Waals surface area contributed by atoms with Crippen LogP contribution in [0.4, 0.5) is 22.7 Å². The number of anilines is 4. The van der Waals surface area contributed by atoms with Crippen molar-refractivity contribution in [2.75, 3.05) is 10.6 Å². The summed E-state index contributed by atoms with van der Waals surface area (Å²) in [4.78, 5) is 0. The molecule has 4 aromatic carbocycles. The largest absolute Gasteiger partial charge is 0.453 e. The molecular formula is C27H26N2O2. The number of nitrogens with one attached hydrogen (secondary N) is 2. The molecule has 0 heterocycles. The normalized spacial score (nSPS) is 10.9. The standard InChI is InChI=1S/C27H26N2O2/c1-27(2,30-25-17-13-23(14-18-25)28-21-9-5-3-6-10-21)31-26-19-15-24(16-20-26)29-22-11-7-4-8-12-22/h3-20,28-29H,1-2H3. The van der Waals surface area contributed by atoms with Gasteiger partial charge < -0.3 is 20.1 Å². The Hall–Kier alpha value is -3.92. The van der Waals surface area contributed by atoms with Crippen molar-refractivity contribution in [3.8, 4) is 11.5 Å². The molecule has 4 rings (SSSR count). The van der Waals surface area contributed by atoms with E-state index < -0.39 is 5.79 Å². The fourth-order valence-electron chi connectivity index (χ4n) is 3.18. The van der Waals surface area contributed by atoms with Gasteiger partial charge in [-0.25, -0.2) is 0 Å². The minimum absolute atomic E-state index is 0.742. The Morgan fingerprint density at radius 3 is 1.13 bits per heavy atom. The van der Waals surface area contributed by atoms with Crippen molar-refractivity contribution < 1.29 is 9.47 Å². The van der Waals surface area contributed by atoms with Crippen LogP contribution in [0.15, 0.2) is 109 Å². The zero-order valence-electron chi connectivity index (χ0n) is 17.7. The van der Waals surface area contributed by atoms with E-state index in [1.54, 1.807) is 0 Å². The molecule has 0 saturated carbocycles. The molecule has 4 nitrogen and oxygen atoms in total. The summed E-state index contributed by atoms with van der Waals surface area (Å²) < 4.78 is 12.1. The lowest BCUT2D eigenvalue weighted by Crippen LogP contribution is -2.35. The molecule has 0 aromatic heterocycles. The molecule has 0 saturated heterocycles. The van der Waals surface area contributed by atoms with Crippen LogP contribution in [-0.2, 0) is 0 Å². The van der Waals surface area contributed by atoms with E-state index in [9.17, 15) is 0 Å². The lowest BCUT2D eigenvalue weighted by atomic mass is 10.2. The first-order chi connectivity index (χ1) is 15.1. The summed E-state index contributed by atoms with van der Waals surface area (Å²) >= 11 is 0. The van der Waals surface area contributed by atoms with E-state index in [0.29, 0.717) is 0 Å². The highest BCUT2D eigenvalue weighted by Crippen LogP contribution is 2.26. The van der Waals surface area contributed by atoms with Crippen LogP contribution in [0.1, 0.15) is 13.8 Å². The average Bonchev–Trinajstić information content (AvgIpc) is 2.78. The fraction of sp³-hybridized carbons (Fsp3) is 0.111. The van der Waals surface area contributed by atoms with Crippen molar-refractivity contribution in [3.05, 3.63) is 109 Å². The summed E-state index contributed by atoms with van der Waals surface area (Å²) in [6.45, 7) is 3.80. The van der Waals surface area contributed by atoms with E-state index in [1.165, 1.54) is 0 Å². The molecule has 2 N–H and O–H groups in total. The van der Waals surface area contributed by atoms with Crippen LogP contribution in [0.5, 0.6) is 11.5 Å². The molecule has 4 aromatic rings. The quantitative estimate of drug-likeness (QED) is 0.298. The van der Waals surface area contributed by atoms with E-state index in [2.05, 4.69) is 10.6 Å². The maximum Gasteiger partial charge on any atom is 0.245 e. The maximum atomic E-state index is 6.07. The van der Waals surface area contributed by atoms with Gasteiger partial charge in [0.05, 0.1) is 0 Å². The molecule has 31 heavy (non-hydrogen) atoms. The van der Waals surface area contributed by atoms with Gasteiger partial charge in [-0.3, -0.25) is 0 Å². The molecule has 0 atom stereocenters. The van der Waals surface area contributed by atoms with Gasteiger partial charge in [0.1, 0.15) is 11.5 Å². The summed E-state index contributed by atoms with van der Waals surface area (Å²) in [7, 11) is 0. The minimum Gasteiger partial charge on any atom is -0.453 e. The highest BCUT2D eigenvalue weighted by atomic mass is 16.7. The molecule has 0 fully saturated rings. The zero-order valence-corrected chi connectivity index (χ0v) is 17.7. The van der Waals surface area contributed by atoms with Crippen molar-refractivity contribution in [2.45, 2.75) is 19.6 Å². The summed E-state index contributed by atoms with van der Waals surface area (Å²) in [5.41, 5.74) is 4.09. The summed E-state index contributed by atoms with van der Waals surface area (Å²) in [5.74, 6) is 0.667. The van der Waals surface area contributed by atoms with Gasteiger partial charge >= 0.3 is 0 Å². The van der Waals surface area contributed by atoms with E-state index >= 15 is 0 Å². The van der Waals surface area contributed by atoms with E-state index in [-0.39, 0.29) is 0 Å². The van der Waals surface area contributed by atoms with Gasteiger partial charge in [-0.15, -0.1) is 0 Å². The Balaban J connectivity index is 1.34. The van der Waals surface area contributed by atoms with Gasteiger partial charge in [-0.2, -0.15) is 0 Å². The number of para-hydroxylation sites is 2. The highest BCUT2D eigenvalue weighted by molar-refractivity contribution is 5.61. The van der Waals surface area contributed by atoms with E-state index in [0.717, 1.165) is 34.2 Å². The number of rotatable bonds is 8. The maximum absolute atomic E-state index is 6.07. The molecule has 0 unspecified atom stereocenters. The van der Waals surface area contributed by atoms with Crippen molar-refractivity contribution >= 4 is 22.7 Å². The van der Waals surface area contributed by atoms with Crippen LogP contribution in [0.25, 0.3) is 0 Å². The number of ether oxygens (including phenoxy) is 2. The Bertz CT molecular complexity index is 989. The predicted molar refractivity (Wildman–Crippen MR) is 128 cm³/mol. The third kappa shape index (κ3) is 6.03. The van der Waals surface area contributed by atoms with Crippen LogP contribution < -0.4 is 20.1 Å². The van der Waals surface area contributed by atoms with Crippen molar-refractivity contribution in [2.24, 2.45) is 0 Å². The first-order valence-corrected chi connectivity index (χ1v) is 10.3. The number of hydrogen-bond donors (Lipinski definition) is 2. The van der Waals surface area contributed by atoms with Crippen LogP contribution in [0, 0.1) is 0 Å². The summed E-state index contributed by atoms with van der Waals surface area (Å²) in [6.07, 6.45) is 0. The van der Waals surface area contributed by atoms with Crippen LogP contribution in [0.3, 0.4) is 0 Å². The molecular weight excluding hydrogens is 384 g/mol. The smallest absolute Gasteiger partial charge is 0.245 e. The average molecular weight is 411 g/mol. The van der Waals surface area contributed by atoms with Crippen molar-refractivity contribution in [3.63, 3.8) is 0 Å². The second-order valence-electron chi connectivity index (χ2n) is 7.63. The van der Waals surface area contributed by atoms with Gasteiger partial charge in [0.15, 0.2) is 0 Å². The van der Waals surface area contributed by atoms with Gasteiger partial charge in [0, 0.05) is 36.6 Å². The molecule has 0 amide bonds. The van der Waals surface area contributed by atoms with Crippen LogP contribution >= 0.6 is 0 Å². The van der Waals surface area contributed by atoms with Gasteiger partial charge in [0.2, 0.25) is 5.79 Å². The topological polar surface area (TPSA) is 42.5 Å². The second-order valence-corrected chi connectivity index (χ2v) is 7.63. The molecule has 0 radical (unpaired) electrons. The van der Waals surface area contributed by atoms with Crippen LogP contribution in [0.2, 0.25) is 0 Å². The zero-order chi connectivity index (χ0) is 21.5. The molecule has 0 bridgehead atoms. The highest BCUT2D eigenvalue weighted by Gasteiger charge is 2.22. The summed E-state index contributed by atoms with van der Waals surface area (Å²) in [6, 6.07) is 35.8. The van der Waals surface area contributed by atoms with Crippen molar-refractivity contribution in [1.82, 2.24) is 0 Å². The Labute approximate surface area is 183 Å². The fourth-order valence-corrected chi connectivity index (χ4v) is 3.18. The number of hydrogen-bond acceptors (Lipinski definition) is 4. The molecule has 156 valence electrons. The predicted octanol–water partition coefficient (Wildman–Crippen LogP) is 7.37. The lowest BCUT2D eigenvalue weighted by Gasteiger charge is -2.27. The molecule has 0 spiro atoms. The SMILES string of the molecule is CC(C)(Oc1ccc(Nc2ccccc2)cc1)Oc1ccc(Nc2ccccc2)cc1. The second kappa shape index (κ2) is 9.26. The Kier molecular flexibility index (Phi) is 6.08. The van der Waals surface area contributed by atoms with Crippen molar-refractivity contribution in [1.29, 1.82) is 0 Å². The van der Waals surface area contributed by atoms with E-state index in [4.69, 9.17) is 9.47 Å². The molecule has 0 aliphatic heterocycles. The molecule has 0 aliphatic rings. The first-order valence-electron chi connectivity index (χ1n) is 10.3. The Morgan fingerprint density at radius 2 is 0.774 bits per heavy atom. The molecule has 4 heteroatoms. The minimum atomic E-state index is -0.817. The summed E-state index contributed by atoms with van der Waals surface area (Å²) in [5, 5.41) is 6.73.